The predicted molar refractivity (Wildman–Crippen MR) is 76.9 cm³/mol. The van der Waals surface area contributed by atoms with Gasteiger partial charge in [0.15, 0.2) is 0 Å². The Morgan fingerprint density at radius 3 is 2.76 bits per heavy atom. The highest BCUT2D eigenvalue weighted by Gasteiger charge is 2.16. The molecular weight excluding hydrogens is 250 g/mol. The first-order chi connectivity index (χ1) is 8.31. The van der Waals surface area contributed by atoms with E-state index in [0.29, 0.717) is 6.54 Å². The van der Waals surface area contributed by atoms with Crippen LogP contribution in [0.4, 0.5) is 0 Å². The van der Waals surface area contributed by atoms with Gasteiger partial charge in [-0.15, -0.1) is 11.8 Å². The third-order valence-corrected chi connectivity index (χ3v) is 5.24. The Balaban J connectivity index is 2.02. The topological polar surface area (TPSA) is 26.0 Å². The van der Waals surface area contributed by atoms with Gasteiger partial charge in [0, 0.05) is 10.6 Å². The number of benzene rings is 1. The van der Waals surface area contributed by atoms with E-state index in [-0.39, 0.29) is 0 Å². The zero-order chi connectivity index (χ0) is 12.1. The van der Waals surface area contributed by atoms with Crippen LogP contribution in [0.1, 0.15) is 31.2 Å². The van der Waals surface area contributed by atoms with Crippen LogP contribution in [0.15, 0.2) is 23.1 Å². The van der Waals surface area contributed by atoms with Crippen LogP contribution in [-0.4, -0.2) is 12.3 Å². The van der Waals surface area contributed by atoms with Gasteiger partial charge in [0.1, 0.15) is 0 Å². The monoisotopic (exact) mass is 269 g/mol. The van der Waals surface area contributed by atoms with Crippen molar-refractivity contribution in [3.05, 3.63) is 28.8 Å². The fraction of sp³-hybridized carbons (Fsp3) is 0.571. The van der Waals surface area contributed by atoms with E-state index < -0.39 is 0 Å². The minimum Gasteiger partial charge on any atom is -0.330 e. The van der Waals surface area contributed by atoms with Crippen LogP contribution in [0.2, 0.25) is 5.02 Å². The van der Waals surface area contributed by atoms with Crippen molar-refractivity contribution in [2.75, 3.05) is 12.3 Å². The van der Waals surface area contributed by atoms with Gasteiger partial charge in [0.2, 0.25) is 0 Å². The van der Waals surface area contributed by atoms with E-state index in [1.165, 1.54) is 41.9 Å². The lowest BCUT2D eigenvalue weighted by Crippen LogP contribution is -2.04. The quantitative estimate of drug-likeness (QED) is 0.814. The van der Waals surface area contributed by atoms with E-state index in [2.05, 4.69) is 6.07 Å². The van der Waals surface area contributed by atoms with Crippen molar-refractivity contribution in [2.45, 2.75) is 37.0 Å². The summed E-state index contributed by atoms with van der Waals surface area (Å²) in [4.78, 5) is 1.26. The fourth-order valence-electron chi connectivity index (χ4n) is 2.45. The Bertz CT molecular complexity index is 361. The van der Waals surface area contributed by atoms with E-state index in [1.807, 2.05) is 23.9 Å². The molecule has 1 fully saturated rings. The number of rotatable bonds is 5. The number of thioether (sulfide) groups is 1. The molecule has 0 aliphatic heterocycles. The summed E-state index contributed by atoms with van der Waals surface area (Å²) < 4.78 is 0. The van der Waals surface area contributed by atoms with Crippen LogP contribution in [0.5, 0.6) is 0 Å². The Kier molecular flexibility index (Phi) is 5.20. The Morgan fingerprint density at radius 1 is 1.29 bits per heavy atom. The van der Waals surface area contributed by atoms with Gasteiger partial charge in [0.25, 0.3) is 0 Å². The summed E-state index contributed by atoms with van der Waals surface area (Å²) >= 11 is 8.21. The molecule has 1 aromatic rings. The van der Waals surface area contributed by atoms with E-state index in [4.69, 9.17) is 17.3 Å². The molecule has 1 aliphatic rings. The first kappa shape index (κ1) is 13.3. The molecule has 0 spiro atoms. The Labute approximate surface area is 113 Å². The summed E-state index contributed by atoms with van der Waals surface area (Å²) in [5, 5.41) is 0.888. The van der Waals surface area contributed by atoms with Gasteiger partial charge in [-0.1, -0.05) is 36.6 Å². The van der Waals surface area contributed by atoms with Crippen molar-refractivity contribution in [1.29, 1.82) is 0 Å². The summed E-state index contributed by atoms with van der Waals surface area (Å²) in [5.41, 5.74) is 6.95. The Hall–Kier alpha value is -0.180. The lowest BCUT2D eigenvalue weighted by atomic mass is 10.1. The summed E-state index contributed by atoms with van der Waals surface area (Å²) in [7, 11) is 0. The Morgan fingerprint density at radius 2 is 2.06 bits per heavy atom. The minimum atomic E-state index is 0.692. The van der Waals surface area contributed by atoms with Gasteiger partial charge >= 0.3 is 0 Å². The molecule has 3 heteroatoms. The van der Waals surface area contributed by atoms with Gasteiger partial charge in [-0.25, -0.2) is 0 Å². The van der Waals surface area contributed by atoms with Crippen molar-refractivity contribution in [2.24, 2.45) is 11.7 Å². The van der Waals surface area contributed by atoms with Crippen molar-refractivity contribution >= 4 is 23.4 Å². The van der Waals surface area contributed by atoms with Gasteiger partial charge in [-0.2, -0.15) is 0 Å². The highest BCUT2D eigenvalue weighted by atomic mass is 35.5. The second kappa shape index (κ2) is 6.67. The zero-order valence-corrected chi connectivity index (χ0v) is 11.7. The molecule has 1 saturated carbocycles. The molecule has 0 unspecified atom stereocenters. The molecule has 0 bridgehead atoms. The standard InChI is InChI=1S/C14H20ClNS/c15-13-7-3-6-12(8-9-16)14(13)17-10-11-4-1-2-5-11/h3,6-7,11H,1-2,4-5,8-10,16H2. The molecule has 0 heterocycles. The summed E-state index contributed by atoms with van der Waals surface area (Å²) in [6.07, 6.45) is 6.52. The molecule has 1 aliphatic carbocycles. The predicted octanol–water partition coefficient (Wildman–Crippen LogP) is 4.12. The molecule has 1 nitrogen and oxygen atoms in total. The molecule has 0 atom stereocenters. The average molecular weight is 270 g/mol. The largest absolute Gasteiger partial charge is 0.330 e. The van der Waals surface area contributed by atoms with Crippen molar-refractivity contribution < 1.29 is 0 Å². The molecule has 0 amide bonds. The number of hydrogen-bond acceptors (Lipinski definition) is 2. The zero-order valence-electron chi connectivity index (χ0n) is 10.1. The van der Waals surface area contributed by atoms with Crippen LogP contribution < -0.4 is 5.73 Å². The summed E-state index contributed by atoms with van der Waals surface area (Å²) in [5.74, 6) is 2.10. The molecule has 2 rings (SSSR count). The van der Waals surface area contributed by atoms with Crippen LogP contribution in [-0.2, 0) is 6.42 Å². The number of halogens is 1. The molecule has 0 aromatic heterocycles. The molecule has 2 N–H and O–H groups in total. The number of hydrogen-bond donors (Lipinski definition) is 1. The van der Waals surface area contributed by atoms with Crippen LogP contribution >= 0.6 is 23.4 Å². The highest BCUT2D eigenvalue weighted by molar-refractivity contribution is 7.99. The van der Waals surface area contributed by atoms with Crippen LogP contribution in [0.25, 0.3) is 0 Å². The second-order valence-corrected chi connectivity index (χ2v) is 6.17. The first-order valence-electron chi connectivity index (χ1n) is 6.41. The van der Waals surface area contributed by atoms with Gasteiger partial charge in [0.05, 0.1) is 5.02 Å². The lowest BCUT2D eigenvalue weighted by Gasteiger charge is -2.13. The molecule has 1 aromatic carbocycles. The smallest absolute Gasteiger partial charge is 0.0544 e. The van der Waals surface area contributed by atoms with Crippen molar-refractivity contribution in [3.63, 3.8) is 0 Å². The van der Waals surface area contributed by atoms with Crippen molar-refractivity contribution in [1.82, 2.24) is 0 Å². The van der Waals surface area contributed by atoms with Gasteiger partial charge in [-0.3, -0.25) is 0 Å². The lowest BCUT2D eigenvalue weighted by molar-refractivity contribution is 0.623. The van der Waals surface area contributed by atoms with E-state index in [0.717, 1.165) is 17.4 Å². The molecule has 0 saturated heterocycles. The van der Waals surface area contributed by atoms with E-state index in [1.54, 1.807) is 0 Å². The van der Waals surface area contributed by atoms with Crippen molar-refractivity contribution in [3.8, 4) is 0 Å². The molecule has 94 valence electrons. The fourth-order valence-corrected chi connectivity index (χ4v) is 4.10. The van der Waals surface area contributed by atoms with Gasteiger partial charge < -0.3 is 5.73 Å². The van der Waals surface area contributed by atoms with Crippen LogP contribution in [0.3, 0.4) is 0 Å². The second-order valence-electron chi connectivity index (χ2n) is 4.73. The van der Waals surface area contributed by atoms with E-state index >= 15 is 0 Å². The minimum absolute atomic E-state index is 0.692. The maximum absolute atomic E-state index is 6.29. The third kappa shape index (κ3) is 3.64. The van der Waals surface area contributed by atoms with E-state index in [9.17, 15) is 0 Å². The van der Waals surface area contributed by atoms with Gasteiger partial charge in [-0.05, 0) is 43.4 Å². The summed E-state index contributed by atoms with van der Waals surface area (Å²) in [6, 6.07) is 6.15. The molecule has 17 heavy (non-hydrogen) atoms. The summed E-state index contributed by atoms with van der Waals surface area (Å²) in [6.45, 7) is 0.692. The maximum atomic E-state index is 6.29. The molecular formula is C14H20ClNS. The normalized spacial score (nSPS) is 16.6. The highest BCUT2D eigenvalue weighted by Crippen LogP contribution is 2.35. The molecule has 0 radical (unpaired) electrons. The SMILES string of the molecule is NCCc1cccc(Cl)c1SCC1CCCC1. The first-order valence-corrected chi connectivity index (χ1v) is 7.78. The van der Waals surface area contributed by atoms with Crippen LogP contribution in [0, 0.1) is 5.92 Å². The maximum Gasteiger partial charge on any atom is 0.0544 e. The third-order valence-electron chi connectivity index (χ3n) is 3.40. The average Bonchev–Trinajstić information content (AvgIpc) is 2.82. The number of nitrogens with two attached hydrogens (primary N) is 1.